The quantitative estimate of drug-likeness (QED) is 0.535. The van der Waals surface area contributed by atoms with Crippen molar-refractivity contribution in [2.75, 3.05) is 18.9 Å². The molecule has 4 nitrogen and oxygen atoms in total. The van der Waals surface area contributed by atoms with Crippen LogP contribution in [0.3, 0.4) is 0 Å². The first-order valence-corrected chi connectivity index (χ1v) is 9.62. The molecule has 0 unspecified atom stereocenters. The predicted molar refractivity (Wildman–Crippen MR) is 109 cm³/mol. The van der Waals surface area contributed by atoms with Gasteiger partial charge in [0.25, 0.3) is 0 Å². The highest BCUT2D eigenvalue weighted by atomic mass is 35.5. The van der Waals surface area contributed by atoms with Crippen molar-refractivity contribution in [1.82, 2.24) is 4.90 Å². The largest absolute Gasteiger partial charge is 0.416 e. The molecule has 0 aromatic heterocycles. The fraction of sp³-hybridized carbons (Fsp3) is 0.273. The van der Waals surface area contributed by atoms with E-state index < -0.39 is 29.5 Å². The molecule has 2 aromatic carbocycles. The Morgan fingerprint density at radius 3 is 2.53 bits per heavy atom. The number of nitrogens with zero attached hydrogens (tertiary/aromatic N) is 1. The second kappa shape index (κ2) is 8.52. The summed E-state index contributed by atoms with van der Waals surface area (Å²) in [7, 11) is 1.56. The Labute approximate surface area is 177 Å². The predicted octanol–water partition coefficient (Wildman–Crippen LogP) is 4.90. The third-order valence-corrected chi connectivity index (χ3v) is 5.39. The molecular formula is C22H20ClF3N2O2. The molecule has 1 aliphatic heterocycles. The molecule has 1 saturated heterocycles. The van der Waals surface area contributed by atoms with Crippen LogP contribution in [-0.4, -0.2) is 30.3 Å². The van der Waals surface area contributed by atoms with Crippen molar-refractivity contribution in [2.45, 2.75) is 18.5 Å². The lowest BCUT2D eigenvalue weighted by Gasteiger charge is -2.19. The van der Waals surface area contributed by atoms with Gasteiger partial charge in [0.1, 0.15) is 5.92 Å². The third kappa shape index (κ3) is 4.51. The molecule has 0 spiro atoms. The van der Waals surface area contributed by atoms with Crippen LogP contribution in [-0.2, 0) is 22.2 Å². The van der Waals surface area contributed by atoms with Gasteiger partial charge in [-0.25, -0.2) is 0 Å². The number of nitrogens with one attached hydrogen (secondary N) is 1. The monoisotopic (exact) mass is 436 g/mol. The van der Waals surface area contributed by atoms with Crippen LogP contribution >= 0.6 is 11.6 Å². The summed E-state index contributed by atoms with van der Waals surface area (Å²) in [5.74, 6) is -2.53. The minimum absolute atomic E-state index is 0.233. The number of amides is 2. The molecule has 0 saturated carbocycles. The lowest BCUT2D eigenvalue weighted by molar-refractivity contribution is -0.138. The smallest absolute Gasteiger partial charge is 0.344 e. The molecular weight excluding hydrogens is 417 g/mol. The number of benzene rings is 2. The van der Waals surface area contributed by atoms with E-state index in [0.717, 1.165) is 17.7 Å². The van der Waals surface area contributed by atoms with E-state index in [-0.39, 0.29) is 12.5 Å². The van der Waals surface area contributed by atoms with Crippen LogP contribution in [0.2, 0.25) is 5.02 Å². The minimum atomic E-state index is -4.45. The number of alkyl halides is 3. The van der Waals surface area contributed by atoms with Gasteiger partial charge < -0.3 is 10.2 Å². The van der Waals surface area contributed by atoms with Crippen LogP contribution in [0.25, 0.3) is 0 Å². The Kier molecular flexibility index (Phi) is 6.22. The zero-order valence-corrected chi connectivity index (χ0v) is 16.9. The lowest BCUT2D eigenvalue weighted by Crippen LogP contribution is -2.33. The maximum atomic E-state index is 13.0. The van der Waals surface area contributed by atoms with Crippen LogP contribution in [0, 0.1) is 5.92 Å². The zero-order valence-electron chi connectivity index (χ0n) is 16.2. The molecule has 30 heavy (non-hydrogen) atoms. The van der Waals surface area contributed by atoms with Gasteiger partial charge in [-0.2, -0.15) is 13.2 Å². The lowest BCUT2D eigenvalue weighted by atomic mass is 9.87. The highest BCUT2D eigenvalue weighted by Gasteiger charge is 2.44. The minimum Gasteiger partial charge on any atom is -0.344 e. The SMILES string of the molecule is C=CCc1ccc(Cl)cc1NC(=O)[C@H]1C(=O)N(C)C[C@@H]1c1ccc(C(F)(F)F)cc1. The average Bonchev–Trinajstić information content (AvgIpc) is 2.98. The van der Waals surface area contributed by atoms with Gasteiger partial charge >= 0.3 is 6.18 Å². The fourth-order valence-corrected chi connectivity index (χ4v) is 3.79. The Morgan fingerprint density at radius 1 is 1.27 bits per heavy atom. The zero-order chi connectivity index (χ0) is 22.1. The number of likely N-dealkylation sites (N-methyl/N-ethyl adjacent to an activating group) is 1. The molecule has 2 atom stereocenters. The summed E-state index contributed by atoms with van der Waals surface area (Å²) in [4.78, 5) is 27.1. The third-order valence-electron chi connectivity index (χ3n) is 5.16. The summed E-state index contributed by atoms with van der Waals surface area (Å²) in [5.41, 5.74) is 0.977. The van der Waals surface area contributed by atoms with Crippen LogP contribution in [0.1, 0.15) is 22.6 Å². The number of carbonyl (C=O) groups excluding carboxylic acids is 2. The Balaban J connectivity index is 1.89. The Morgan fingerprint density at radius 2 is 1.93 bits per heavy atom. The standard InChI is InChI=1S/C22H20ClF3N2O2/c1-3-4-14-7-10-16(23)11-18(14)27-20(29)19-17(12-28(2)21(19)30)13-5-8-15(9-6-13)22(24,25)26/h3,5-11,17,19H,1,4,12H2,2H3,(H,27,29)/t17-,19+/m1/s1. The van der Waals surface area contributed by atoms with Crippen LogP contribution in [0.15, 0.2) is 55.1 Å². The molecule has 1 heterocycles. The number of allylic oxidation sites excluding steroid dienone is 1. The van der Waals surface area contributed by atoms with Gasteiger partial charge in [-0.1, -0.05) is 35.9 Å². The topological polar surface area (TPSA) is 49.4 Å². The summed E-state index contributed by atoms with van der Waals surface area (Å²) >= 11 is 6.04. The summed E-state index contributed by atoms with van der Waals surface area (Å²) in [6, 6.07) is 9.61. The summed E-state index contributed by atoms with van der Waals surface area (Å²) in [5, 5.41) is 3.19. The van der Waals surface area contributed by atoms with E-state index in [1.54, 1.807) is 31.3 Å². The summed E-state index contributed by atoms with van der Waals surface area (Å²) < 4.78 is 38.6. The molecule has 0 aliphatic carbocycles. The molecule has 158 valence electrons. The van der Waals surface area contributed by atoms with Crippen LogP contribution in [0.4, 0.5) is 18.9 Å². The number of likely N-dealkylation sites (tertiary alicyclic amines) is 1. The number of hydrogen-bond donors (Lipinski definition) is 1. The number of anilines is 1. The summed E-state index contributed by atoms with van der Waals surface area (Å²) in [6.07, 6.45) is -2.28. The van der Waals surface area contributed by atoms with Gasteiger partial charge in [0.2, 0.25) is 11.8 Å². The van der Waals surface area contributed by atoms with Crippen LogP contribution < -0.4 is 5.32 Å². The van der Waals surface area contributed by atoms with E-state index in [4.69, 9.17) is 11.6 Å². The van der Waals surface area contributed by atoms with Gasteiger partial charge in [0.15, 0.2) is 0 Å². The second-order valence-corrected chi connectivity index (χ2v) is 7.64. The molecule has 0 radical (unpaired) electrons. The first kappa shape index (κ1) is 21.9. The van der Waals surface area contributed by atoms with Crippen molar-refractivity contribution >= 4 is 29.1 Å². The van der Waals surface area contributed by atoms with E-state index in [9.17, 15) is 22.8 Å². The highest BCUT2D eigenvalue weighted by Crippen LogP contribution is 2.36. The maximum Gasteiger partial charge on any atom is 0.416 e. The van der Waals surface area contributed by atoms with Crippen molar-refractivity contribution in [3.63, 3.8) is 0 Å². The van der Waals surface area contributed by atoms with Gasteiger partial charge in [-0.15, -0.1) is 6.58 Å². The van der Waals surface area contributed by atoms with Crippen molar-refractivity contribution in [3.8, 4) is 0 Å². The van der Waals surface area contributed by atoms with E-state index in [2.05, 4.69) is 11.9 Å². The number of carbonyl (C=O) groups is 2. The van der Waals surface area contributed by atoms with Crippen molar-refractivity contribution in [2.24, 2.45) is 5.92 Å². The highest BCUT2D eigenvalue weighted by molar-refractivity contribution is 6.31. The van der Waals surface area contributed by atoms with Gasteiger partial charge in [0, 0.05) is 30.2 Å². The molecule has 3 rings (SSSR count). The number of hydrogen-bond acceptors (Lipinski definition) is 2. The number of halogens is 4. The molecule has 2 aromatic rings. The summed E-state index contributed by atoms with van der Waals surface area (Å²) in [6.45, 7) is 3.92. The van der Waals surface area contributed by atoms with Crippen molar-refractivity contribution in [1.29, 1.82) is 0 Å². The van der Waals surface area contributed by atoms with Gasteiger partial charge in [-0.05, 0) is 41.8 Å². The first-order chi connectivity index (χ1) is 14.1. The van der Waals surface area contributed by atoms with E-state index in [1.807, 2.05) is 0 Å². The Bertz CT molecular complexity index is 973. The fourth-order valence-electron chi connectivity index (χ4n) is 3.62. The average molecular weight is 437 g/mol. The van der Waals surface area contributed by atoms with E-state index in [0.29, 0.717) is 22.7 Å². The van der Waals surface area contributed by atoms with Gasteiger partial charge in [0.05, 0.1) is 5.56 Å². The normalized spacial score (nSPS) is 19.1. The van der Waals surface area contributed by atoms with Gasteiger partial charge in [-0.3, -0.25) is 9.59 Å². The van der Waals surface area contributed by atoms with Crippen molar-refractivity contribution < 1.29 is 22.8 Å². The molecule has 8 heteroatoms. The van der Waals surface area contributed by atoms with Crippen LogP contribution in [0.5, 0.6) is 0 Å². The molecule has 1 fully saturated rings. The van der Waals surface area contributed by atoms with E-state index >= 15 is 0 Å². The van der Waals surface area contributed by atoms with Crippen molar-refractivity contribution in [3.05, 3.63) is 76.8 Å². The molecule has 2 amide bonds. The first-order valence-electron chi connectivity index (χ1n) is 9.24. The number of rotatable bonds is 5. The molecule has 0 bridgehead atoms. The maximum absolute atomic E-state index is 13.0. The molecule has 1 aliphatic rings. The molecule has 1 N–H and O–H groups in total. The second-order valence-electron chi connectivity index (χ2n) is 7.21. The Hall–Kier alpha value is -2.80. The van der Waals surface area contributed by atoms with E-state index in [1.165, 1.54) is 17.0 Å².